The summed E-state index contributed by atoms with van der Waals surface area (Å²) in [5.41, 5.74) is 3.20. The molecule has 3 aromatic rings. The Bertz CT molecular complexity index is 920. The Morgan fingerprint density at radius 3 is 3.12 bits per heavy atom. The van der Waals surface area contributed by atoms with Crippen molar-refractivity contribution in [2.24, 2.45) is 5.92 Å². The summed E-state index contributed by atoms with van der Waals surface area (Å²) >= 11 is 1.67. The van der Waals surface area contributed by atoms with Gasteiger partial charge in [0, 0.05) is 28.9 Å². The van der Waals surface area contributed by atoms with Gasteiger partial charge in [-0.05, 0) is 67.3 Å². The summed E-state index contributed by atoms with van der Waals surface area (Å²) in [6.45, 7) is 1.70. The van der Waals surface area contributed by atoms with Crippen LogP contribution in [0.3, 0.4) is 0 Å². The van der Waals surface area contributed by atoms with Crippen LogP contribution in [-0.4, -0.2) is 40.3 Å². The molecule has 0 spiro atoms. The molecule has 1 aromatic heterocycles. The molecule has 1 aliphatic rings. The summed E-state index contributed by atoms with van der Waals surface area (Å²) in [6.07, 6.45) is 7.17. The second-order valence-corrected chi connectivity index (χ2v) is 7.87. The topological polar surface area (TPSA) is 49.0 Å². The van der Waals surface area contributed by atoms with E-state index < -0.39 is 0 Å². The molecule has 134 valence electrons. The minimum atomic E-state index is 0.163. The highest BCUT2D eigenvalue weighted by molar-refractivity contribution is 7.98. The number of hydrogen-bond acceptors (Lipinski definition) is 3. The fraction of sp³-hybridized carbons (Fsp3) is 0.333. The van der Waals surface area contributed by atoms with Gasteiger partial charge in [0.1, 0.15) is 0 Å². The van der Waals surface area contributed by atoms with Gasteiger partial charge in [0.25, 0.3) is 5.91 Å². The van der Waals surface area contributed by atoms with Gasteiger partial charge in [-0.1, -0.05) is 12.1 Å². The third-order valence-corrected chi connectivity index (χ3v) is 5.88. The van der Waals surface area contributed by atoms with Crippen LogP contribution in [0.1, 0.15) is 28.8 Å². The summed E-state index contributed by atoms with van der Waals surface area (Å²) in [6, 6.07) is 14.4. The number of nitrogens with one attached hydrogen (secondary N) is 1. The number of aromatic amines is 1. The van der Waals surface area contributed by atoms with Crippen molar-refractivity contribution in [3.05, 3.63) is 59.8 Å². The van der Waals surface area contributed by atoms with Crippen LogP contribution in [0.2, 0.25) is 0 Å². The SMILES string of the molecule is CSc1cccc(C(=O)N2CCCC(Cc3ccc4[nH]ncc4c3)C2)c1. The average molecular weight is 366 g/mol. The number of hydrogen-bond donors (Lipinski definition) is 1. The molecule has 2 aromatic carbocycles. The number of benzene rings is 2. The lowest BCUT2D eigenvalue weighted by molar-refractivity contribution is 0.0673. The number of carbonyl (C=O) groups is 1. The number of piperidine rings is 1. The summed E-state index contributed by atoms with van der Waals surface area (Å²) < 4.78 is 0. The molecule has 4 rings (SSSR count). The van der Waals surface area contributed by atoms with Crippen molar-refractivity contribution in [3.63, 3.8) is 0 Å². The number of carbonyl (C=O) groups excluding carboxylic acids is 1. The van der Waals surface area contributed by atoms with Gasteiger partial charge in [0.15, 0.2) is 0 Å². The Morgan fingerprint density at radius 2 is 2.23 bits per heavy atom. The van der Waals surface area contributed by atoms with Crippen LogP contribution in [0.25, 0.3) is 10.9 Å². The van der Waals surface area contributed by atoms with E-state index in [9.17, 15) is 4.79 Å². The number of fused-ring (bicyclic) bond motifs is 1. The summed E-state index contributed by atoms with van der Waals surface area (Å²) in [7, 11) is 0. The van der Waals surface area contributed by atoms with Crippen LogP contribution in [-0.2, 0) is 6.42 Å². The number of amides is 1. The first-order valence-electron chi connectivity index (χ1n) is 9.08. The van der Waals surface area contributed by atoms with Gasteiger partial charge in [0.2, 0.25) is 0 Å². The van der Waals surface area contributed by atoms with E-state index in [0.717, 1.165) is 47.3 Å². The van der Waals surface area contributed by atoms with Crippen molar-refractivity contribution in [1.82, 2.24) is 15.1 Å². The fourth-order valence-corrected chi connectivity index (χ4v) is 4.27. The maximum Gasteiger partial charge on any atom is 0.253 e. The number of rotatable bonds is 4. The van der Waals surface area contributed by atoms with Crippen molar-refractivity contribution in [2.75, 3.05) is 19.3 Å². The predicted octanol–water partition coefficient (Wildman–Crippen LogP) is 4.38. The zero-order valence-corrected chi connectivity index (χ0v) is 15.8. The van der Waals surface area contributed by atoms with Crippen LogP contribution in [0.15, 0.2) is 53.6 Å². The third kappa shape index (κ3) is 3.63. The fourth-order valence-electron chi connectivity index (χ4n) is 3.81. The highest BCUT2D eigenvalue weighted by atomic mass is 32.2. The van der Waals surface area contributed by atoms with Gasteiger partial charge in [-0.15, -0.1) is 11.8 Å². The molecule has 4 nitrogen and oxygen atoms in total. The maximum atomic E-state index is 12.9. The molecule has 2 heterocycles. The molecule has 0 bridgehead atoms. The van der Waals surface area contributed by atoms with E-state index in [2.05, 4.69) is 28.4 Å². The lowest BCUT2D eigenvalue weighted by Crippen LogP contribution is -2.40. The predicted molar refractivity (Wildman–Crippen MR) is 107 cm³/mol. The smallest absolute Gasteiger partial charge is 0.253 e. The van der Waals surface area contributed by atoms with Crippen LogP contribution < -0.4 is 0 Å². The van der Waals surface area contributed by atoms with Crippen molar-refractivity contribution < 1.29 is 4.79 Å². The van der Waals surface area contributed by atoms with Gasteiger partial charge in [0.05, 0.1) is 11.7 Å². The average Bonchev–Trinajstić information content (AvgIpc) is 3.15. The molecule has 5 heteroatoms. The van der Waals surface area contributed by atoms with Gasteiger partial charge in [-0.25, -0.2) is 0 Å². The Balaban J connectivity index is 1.45. The number of thioether (sulfide) groups is 1. The highest BCUT2D eigenvalue weighted by Gasteiger charge is 2.24. The molecule has 0 radical (unpaired) electrons. The van der Waals surface area contributed by atoms with E-state index in [1.54, 1.807) is 11.8 Å². The number of aromatic nitrogens is 2. The Hall–Kier alpha value is -2.27. The van der Waals surface area contributed by atoms with Gasteiger partial charge in [-0.3, -0.25) is 9.89 Å². The molecule has 1 aliphatic heterocycles. The third-order valence-electron chi connectivity index (χ3n) is 5.15. The van der Waals surface area contributed by atoms with Crippen LogP contribution in [0.5, 0.6) is 0 Å². The van der Waals surface area contributed by atoms with E-state index in [4.69, 9.17) is 0 Å². The highest BCUT2D eigenvalue weighted by Crippen LogP contribution is 2.25. The molecule has 1 amide bonds. The Kier molecular flexibility index (Phi) is 4.98. The molecular formula is C21H23N3OS. The molecule has 1 N–H and O–H groups in total. The normalized spacial score (nSPS) is 17.6. The lowest BCUT2D eigenvalue weighted by atomic mass is 9.90. The van der Waals surface area contributed by atoms with E-state index in [1.165, 1.54) is 12.0 Å². The molecular weight excluding hydrogens is 342 g/mol. The summed E-state index contributed by atoms with van der Waals surface area (Å²) in [5, 5.41) is 8.24. The van der Waals surface area contributed by atoms with Crippen LogP contribution >= 0.6 is 11.8 Å². The summed E-state index contributed by atoms with van der Waals surface area (Å²) in [5.74, 6) is 0.677. The van der Waals surface area contributed by atoms with E-state index >= 15 is 0 Å². The van der Waals surface area contributed by atoms with Gasteiger partial charge < -0.3 is 4.90 Å². The minimum absolute atomic E-state index is 0.163. The largest absolute Gasteiger partial charge is 0.338 e. The number of H-pyrrole nitrogens is 1. The van der Waals surface area contributed by atoms with E-state index in [0.29, 0.717) is 5.92 Å². The first-order chi connectivity index (χ1) is 12.7. The molecule has 1 atom stereocenters. The molecule has 0 saturated carbocycles. The Labute approximate surface area is 158 Å². The van der Waals surface area contributed by atoms with Crippen molar-refractivity contribution >= 4 is 28.6 Å². The second kappa shape index (κ2) is 7.54. The van der Waals surface area contributed by atoms with Crippen LogP contribution in [0, 0.1) is 5.92 Å². The number of likely N-dealkylation sites (tertiary alicyclic amines) is 1. The Morgan fingerprint density at radius 1 is 1.31 bits per heavy atom. The standard InChI is InChI=1S/C21H23N3OS/c1-26-19-6-2-5-17(12-19)21(25)24-9-3-4-16(14-24)10-15-7-8-20-18(11-15)13-22-23-20/h2,5-8,11-13,16H,3-4,9-10,14H2,1H3,(H,22,23). The molecule has 26 heavy (non-hydrogen) atoms. The van der Waals surface area contributed by atoms with Crippen LogP contribution in [0.4, 0.5) is 0 Å². The molecule has 0 aliphatic carbocycles. The van der Waals surface area contributed by atoms with Gasteiger partial charge >= 0.3 is 0 Å². The summed E-state index contributed by atoms with van der Waals surface area (Å²) in [4.78, 5) is 16.1. The zero-order valence-electron chi connectivity index (χ0n) is 14.9. The quantitative estimate of drug-likeness (QED) is 0.698. The second-order valence-electron chi connectivity index (χ2n) is 6.99. The maximum absolute atomic E-state index is 12.9. The number of nitrogens with zero attached hydrogens (tertiary/aromatic N) is 2. The van der Waals surface area contributed by atoms with E-state index in [-0.39, 0.29) is 5.91 Å². The van der Waals surface area contributed by atoms with Crippen molar-refractivity contribution in [3.8, 4) is 0 Å². The van der Waals surface area contributed by atoms with E-state index in [1.807, 2.05) is 41.6 Å². The molecule has 1 unspecified atom stereocenters. The monoisotopic (exact) mass is 365 g/mol. The lowest BCUT2D eigenvalue weighted by Gasteiger charge is -2.33. The molecule has 1 fully saturated rings. The minimum Gasteiger partial charge on any atom is -0.338 e. The first kappa shape index (κ1) is 17.2. The first-order valence-corrected chi connectivity index (χ1v) is 10.3. The zero-order chi connectivity index (χ0) is 17.9. The van der Waals surface area contributed by atoms with Crippen molar-refractivity contribution in [2.45, 2.75) is 24.2 Å². The molecule has 1 saturated heterocycles. The van der Waals surface area contributed by atoms with Crippen molar-refractivity contribution in [1.29, 1.82) is 0 Å². The van der Waals surface area contributed by atoms with Gasteiger partial charge in [-0.2, -0.15) is 5.10 Å².